The molecule has 0 unspecified atom stereocenters. The highest BCUT2D eigenvalue weighted by atomic mass is 32.2. The largest absolute Gasteiger partial charge is 0.443 e. The van der Waals surface area contributed by atoms with Crippen molar-refractivity contribution in [2.45, 2.75) is 62.2 Å². The predicted molar refractivity (Wildman–Crippen MR) is 156 cm³/mol. The third kappa shape index (κ3) is 8.28. The van der Waals surface area contributed by atoms with Gasteiger partial charge in [0, 0.05) is 32.2 Å². The topological polar surface area (TPSA) is 138 Å². The second-order valence-electron chi connectivity index (χ2n) is 11.2. The number of fused-ring (bicyclic) bond motifs is 1. The van der Waals surface area contributed by atoms with Crippen molar-refractivity contribution in [1.29, 1.82) is 0 Å². The number of nitrogens with zero attached hydrogens (tertiary/aromatic N) is 2. The smallest absolute Gasteiger partial charge is 0.407 e. The van der Waals surface area contributed by atoms with E-state index in [0.717, 1.165) is 24.0 Å². The number of nitrogens with one attached hydrogen (secondary N) is 1. The van der Waals surface area contributed by atoms with E-state index >= 15 is 0 Å². The summed E-state index contributed by atoms with van der Waals surface area (Å²) >= 11 is 0. The summed E-state index contributed by atoms with van der Waals surface area (Å²) in [6, 6.07) is 13.1. The lowest BCUT2D eigenvalue weighted by Crippen LogP contribution is -2.52. The van der Waals surface area contributed by atoms with E-state index in [0.29, 0.717) is 18.7 Å². The number of hydrogen-bond donors (Lipinski definition) is 3. The van der Waals surface area contributed by atoms with Crippen LogP contribution in [0.4, 0.5) is 4.79 Å². The average molecular weight is 606 g/mol. The fourth-order valence-corrected chi connectivity index (χ4v) is 6.80. The Morgan fingerprint density at radius 3 is 2.62 bits per heavy atom. The van der Waals surface area contributed by atoms with Crippen LogP contribution in [0.15, 0.2) is 53.4 Å². The number of aliphatic hydroxyl groups excluding tert-OH is 2. The molecule has 2 aromatic carbocycles. The van der Waals surface area contributed by atoms with Gasteiger partial charge in [-0.15, -0.1) is 0 Å². The van der Waals surface area contributed by atoms with Gasteiger partial charge in [0.2, 0.25) is 10.0 Å². The Balaban J connectivity index is 1.53. The minimum Gasteiger partial charge on any atom is -0.443 e. The van der Waals surface area contributed by atoms with Crippen LogP contribution in [-0.2, 0) is 37.3 Å². The molecule has 12 heteroatoms. The molecular weight excluding hydrogens is 562 g/mol. The van der Waals surface area contributed by atoms with E-state index < -0.39 is 34.4 Å². The SMILES string of the molecule is Cc1ccc(S(=O)(=O)N(CCN(C)C)C[C@@H](O)[C@H](Cc2ccccc2)NC(=O)O[C@@H]2CO[C@@H]3OCCC[C@@H]32)cc1CO. The van der Waals surface area contributed by atoms with Crippen LogP contribution in [-0.4, -0.2) is 105 Å². The van der Waals surface area contributed by atoms with Gasteiger partial charge in [0.15, 0.2) is 6.29 Å². The van der Waals surface area contributed by atoms with Gasteiger partial charge >= 0.3 is 6.09 Å². The first-order chi connectivity index (χ1) is 20.1. The number of amides is 1. The van der Waals surface area contributed by atoms with E-state index in [-0.39, 0.29) is 49.8 Å². The Morgan fingerprint density at radius 1 is 1.14 bits per heavy atom. The monoisotopic (exact) mass is 605 g/mol. The van der Waals surface area contributed by atoms with Crippen LogP contribution in [0.1, 0.15) is 29.5 Å². The molecule has 0 saturated carbocycles. The highest BCUT2D eigenvalue weighted by Gasteiger charge is 2.42. The van der Waals surface area contributed by atoms with Crippen molar-refractivity contribution < 1.29 is 37.6 Å². The first-order valence-corrected chi connectivity index (χ1v) is 15.8. The number of sulfonamides is 1. The number of ether oxygens (including phenoxy) is 3. The summed E-state index contributed by atoms with van der Waals surface area (Å²) in [4.78, 5) is 15.0. The molecule has 4 rings (SSSR count). The molecule has 42 heavy (non-hydrogen) atoms. The molecule has 0 aliphatic carbocycles. The molecule has 2 saturated heterocycles. The van der Waals surface area contributed by atoms with E-state index in [2.05, 4.69) is 5.32 Å². The van der Waals surface area contributed by atoms with Gasteiger partial charge in [-0.2, -0.15) is 4.31 Å². The lowest BCUT2D eigenvalue weighted by molar-refractivity contribution is -0.152. The maximum atomic E-state index is 13.8. The normalized spacial score (nSPS) is 22.1. The molecule has 2 heterocycles. The number of benzene rings is 2. The van der Waals surface area contributed by atoms with Crippen molar-refractivity contribution in [2.24, 2.45) is 5.92 Å². The van der Waals surface area contributed by atoms with E-state index in [1.165, 1.54) is 16.4 Å². The Kier molecular flexibility index (Phi) is 11.3. The molecular formula is C30H43N3O8S. The van der Waals surface area contributed by atoms with Gasteiger partial charge in [0.05, 0.1) is 30.3 Å². The number of alkyl carbamates (subject to hydrolysis) is 1. The van der Waals surface area contributed by atoms with Gasteiger partial charge in [-0.1, -0.05) is 36.4 Å². The Morgan fingerprint density at radius 2 is 1.90 bits per heavy atom. The minimum atomic E-state index is -4.05. The van der Waals surface area contributed by atoms with Gasteiger partial charge < -0.3 is 34.6 Å². The number of aryl methyl sites for hydroxylation is 1. The first kappa shape index (κ1) is 32.3. The molecule has 3 N–H and O–H groups in total. The van der Waals surface area contributed by atoms with E-state index in [1.807, 2.05) is 49.3 Å². The zero-order valence-electron chi connectivity index (χ0n) is 24.5. The molecule has 0 bridgehead atoms. The maximum Gasteiger partial charge on any atom is 0.407 e. The fraction of sp³-hybridized carbons (Fsp3) is 0.567. The van der Waals surface area contributed by atoms with E-state index in [1.54, 1.807) is 13.0 Å². The number of likely N-dealkylation sites (N-methyl/N-ethyl adjacent to an activating group) is 1. The zero-order chi connectivity index (χ0) is 30.3. The third-order valence-electron chi connectivity index (χ3n) is 7.86. The second kappa shape index (κ2) is 14.7. The minimum absolute atomic E-state index is 0.0283. The van der Waals surface area contributed by atoms with E-state index in [4.69, 9.17) is 14.2 Å². The van der Waals surface area contributed by atoms with Crippen LogP contribution < -0.4 is 5.32 Å². The molecule has 1 amide bonds. The van der Waals surface area contributed by atoms with Crippen molar-refractivity contribution >= 4 is 16.1 Å². The second-order valence-corrected chi connectivity index (χ2v) is 13.2. The van der Waals surface area contributed by atoms with Crippen molar-refractivity contribution in [3.8, 4) is 0 Å². The molecule has 2 fully saturated rings. The molecule has 2 aromatic rings. The van der Waals surface area contributed by atoms with Crippen molar-refractivity contribution in [1.82, 2.24) is 14.5 Å². The van der Waals surface area contributed by atoms with Crippen LogP contribution >= 0.6 is 0 Å². The van der Waals surface area contributed by atoms with E-state index in [9.17, 15) is 23.4 Å². The Hall–Kier alpha value is -2.58. The summed E-state index contributed by atoms with van der Waals surface area (Å²) < 4.78 is 45.8. The average Bonchev–Trinajstić information content (AvgIpc) is 3.37. The molecule has 2 aliphatic heterocycles. The lowest BCUT2D eigenvalue weighted by atomic mass is 9.97. The molecule has 0 aromatic heterocycles. The molecule has 11 nitrogen and oxygen atoms in total. The fourth-order valence-electron chi connectivity index (χ4n) is 5.30. The zero-order valence-corrected chi connectivity index (χ0v) is 25.3. The maximum absolute atomic E-state index is 13.8. The summed E-state index contributed by atoms with van der Waals surface area (Å²) in [5.41, 5.74) is 2.15. The number of rotatable bonds is 13. The van der Waals surface area contributed by atoms with Crippen molar-refractivity contribution in [2.75, 3.05) is 46.9 Å². The molecule has 232 valence electrons. The number of carbonyl (C=O) groups excluding carboxylic acids is 1. The van der Waals surface area contributed by atoms with Crippen molar-refractivity contribution in [3.05, 3.63) is 65.2 Å². The summed E-state index contributed by atoms with van der Waals surface area (Å²) in [7, 11) is -0.377. The van der Waals surface area contributed by atoms with Crippen LogP contribution in [0.5, 0.6) is 0 Å². The Labute approximate surface area is 248 Å². The van der Waals surface area contributed by atoms with Crippen LogP contribution in [0.3, 0.4) is 0 Å². The quantitative estimate of drug-likeness (QED) is 0.313. The predicted octanol–water partition coefficient (Wildman–Crippen LogP) is 1.89. The molecule has 0 radical (unpaired) electrons. The third-order valence-corrected chi connectivity index (χ3v) is 9.72. The number of carbonyl (C=O) groups is 1. The van der Waals surface area contributed by atoms with Gasteiger partial charge in [-0.05, 0) is 69.1 Å². The van der Waals surface area contributed by atoms with Gasteiger partial charge in [0.1, 0.15) is 6.10 Å². The molecule has 2 aliphatic rings. The van der Waals surface area contributed by atoms with Crippen LogP contribution in [0, 0.1) is 12.8 Å². The van der Waals surface area contributed by atoms with Gasteiger partial charge in [-0.25, -0.2) is 13.2 Å². The van der Waals surface area contributed by atoms with Gasteiger partial charge in [-0.3, -0.25) is 0 Å². The highest BCUT2D eigenvalue weighted by molar-refractivity contribution is 7.89. The van der Waals surface area contributed by atoms with Crippen molar-refractivity contribution in [3.63, 3.8) is 0 Å². The lowest BCUT2D eigenvalue weighted by Gasteiger charge is -2.31. The summed E-state index contributed by atoms with van der Waals surface area (Å²) in [5.74, 6) is -0.0491. The highest BCUT2D eigenvalue weighted by Crippen LogP contribution is 2.32. The molecule has 0 spiro atoms. The summed E-state index contributed by atoms with van der Waals surface area (Å²) in [5, 5.41) is 24.0. The number of hydrogen-bond acceptors (Lipinski definition) is 9. The summed E-state index contributed by atoms with van der Waals surface area (Å²) in [6.07, 6.45) is -0.872. The van der Waals surface area contributed by atoms with Crippen LogP contribution in [0.25, 0.3) is 0 Å². The summed E-state index contributed by atoms with van der Waals surface area (Å²) in [6.45, 7) is 2.62. The van der Waals surface area contributed by atoms with Gasteiger partial charge in [0.25, 0.3) is 0 Å². The van der Waals surface area contributed by atoms with Crippen LogP contribution in [0.2, 0.25) is 0 Å². The molecule has 5 atom stereocenters. The first-order valence-electron chi connectivity index (χ1n) is 14.4. The Bertz CT molecular complexity index is 1280. The standard InChI is InChI=1S/C30H43N3O8S/c1-21-11-12-24(17-23(21)19-34)42(37,38)33(14-13-32(2)3)18-27(35)26(16-22-8-5-4-6-9-22)31-30(36)41-28-20-40-29-25(28)10-7-15-39-29/h4-6,8-9,11-12,17,25-29,34-35H,7,10,13-16,18-20H2,1-3H3,(H,31,36)/t25-,26+,27-,28-,29+/m1/s1. The number of aliphatic hydroxyl groups is 2.